The summed E-state index contributed by atoms with van der Waals surface area (Å²) in [6.07, 6.45) is 3.14. The number of rotatable bonds is 8. The molecule has 0 aliphatic heterocycles. The molecule has 7 heteroatoms. The molecule has 110 valence electrons. The molecule has 0 N–H and O–H groups in total. The Balaban J connectivity index is 2.56. The third kappa shape index (κ3) is 5.50. The van der Waals surface area contributed by atoms with Crippen molar-refractivity contribution in [3.8, 4) is 0 Å². The first-order valence-corrected chi connectivity index (χ1v) is 8.74. The molecule has 0 amide bonds. The molecule has 5 nitrogen and oxygen atoms in total. The average Bonchev–Trinajstić information content (AvgIpc) is 2.71. The van der Waals surface area contributed by atoms with Crippen LogP contribution in [0.1, 0.15) is 33.0 Å². The fourth-order valence-electron chi connectivity index (χ4n) is 1.61. The van der Waals surface area contributed by atoms with E-state index in [4.69, 9.17) is 15.4 Å². The molecule has 0 radical (unpaired) electrons. The molecule has 0 aromatic carbocycles. The Kier molecular flexibility index (Phi) is 6.29. The van der Waals surface area contributed by atoms with Gasteiger partial charge in [-0.05, 0) is 12.3 Å². The van der Waals surface area contributed by atoms with E-state index in [1.54, 1.807) is 4.57 Å². The van der Waals surface area contributed by atoms with Gasteiger partial charge in [-0.1, -0.05) is 20.8 Å². The van der Waals surface area contributed by atoms with Crippen molar-refractivity contribution in [3.63, 3.8) is 0 Å². The molecule has 19 heavy (non-hydrogen) atoms. The van der Waals surface area contributed by atoms with Crippen LogP contribution in [0.4, 0.5) is 0 Å². The lowest BCUT2D eigenvalue weighted by Gasteiger charge is -2.08. The average molecular weight is 309 g/mol. The fraction of sp³-hybridized carbons (Fsp3) is 0.750. The molecule has 0 saturated heterocycles. The second-order valence-corrected chi connectivity index (χ2v) is 7.29. The molecule has 1 aromatic heterocycles. The highest BCUT2D eigenvalue weighted by atomic mass is 35.7. The van der Waals surface area contributed by atoms with E-state index < -0.39 is 9.05 Å². The van der Waals surface area contributed by atoms with Crippen LogP contribution in [-0.2, 0) is 26.8 Å². The lowest BCUT2D eigenvalue weighted by Crippen LogP contribution is -2.09. The molecule has 0 bridgehead atoms. The van der Waals surface area contributed by atoms with E-state index in [9.17, 15) is 8.42 Å². The van der Waals surface area contributed by atoms with Crippen LogP contribution < -0.4 is 0 Å². The summed E-state index contributed by atoms with van der Waals surface area (Å²) in [5.74, 6) is 1.32. The van der Waals surface area contributed by atoms with Gasteiger partial charge in [0.2, 0.25) is 0 Å². The summed E-state index contributed by atoms with van der Waals surface area (Å²) < 4.78 is 29.7. The number of imidazole rings is 1. The van der Waals surface area contributed by atoms with Gasteiger partial charge < -0.3 is 9.30 Å². The Morgan fingerprint density at radius 1 is 1.42 bits per heavy atom. The van der Waals surface area contributed by atoms with Crippen LogP contribution in [0, 0.1) is 5.92 Å². The van der Waals surface area contributed by atoms with E-state index in [2.05, 4.69) is 18.8 Å². The van der Waals surface area contributed by atoms with Gasteiger partial charge in [0.05, 0.1) is 6.61 Å². The molecule has 1 rings (SSSR count). The second-order valence-electron chi connectivity index (χ2n) is 4.78. The van der Waals surface area contributed by atoms with Gasteiger partial charge in [0.1, 0.15) is 5.82 Å². The maximum Gasteiger partial charge on any atom is 0.280 e. The molecule has 0 aliphatic carbocycles. The summed E-state index contributed by atoms with van der Waals surface area (Å²) in [5.41, 5.74) is 0. The summed E-state index contributed by atoms with van der Waals surface area (Å²) in [7, 11) is 1.52. The second kappa shape index (κ2) is 7.26. The topological polar surface area (TPSA) is 61.2 Å². The predicted molar refractivity (Wildman–Crippen MR) is 74.9 cm³/mol. The van der Waals surface area contributed by atoms with E-state index in [0.29, 0.717) is 37.9 Å². The van der Waals surface area contributed by atoms with E-state index in [1.807, 2.05) is 6.92 Å². The number of aryl methyl sites for hydroxylation is 1. The van der Waals surface area contributed by atoms with Gasteiger partial charge in [-0.3, -0.25) is 0 Å². The third-order valence-electron chi connectivity index (χ3n) is 2.72. The Morgan fingerprint density at radius 2 is 2.11 bits per heavy atom. The largest absolute Gasteiger partial charge is 0.380 e. The van der Waals surface area contributed by atoms with Crippen molar-refractivity contribution in [2.24, 2.45) is 5.92 Å². The molecule has 0 saturated carbocycles. The minimum absolute atomic E-state index is 0.0896. The van der Waals surface area contributed by atoms with Crippen molar-refractivity contribution in [3.05, 3.63) is 12.0 Å². The van der Waals surface area contributed by atoms with Crippen molar-refractivity contribution < 1.29 is 13.2 Å². The monoisotopic (exact) mass is 308 g/mol. The van der Waals surface area contributed by atoms with E-state index in [0.717, 1.165) is 6.42 Å². The minimum Gasteiger partial charge on any atom is -0.380 e. The van der Waals surface area contributed by atoms with Crippen LogP contribution in [0.2, 0.25) is 0 Å². The van der Waals surface area contributed by atoms with Gasteiger partial charge in [0, 0.05) is 36.5 Å². The highest BCUT2D eigenvalue weighted by Gasteiger charge is 2.16. The number of halogens is 1. The molecule has 0 fully saturated rings. The number of nitrogens with zero attached hydrogens (tertiary/aromatic N) is 2. The van der Waals surface area contributed by atoms with Gasteiger partial charge in [0.25, 0.3) is 9.05 Å². The predicted octanol–water partition coefficient (Wildman–Crippen LogP) is 2.44. The maximum absolute atomic E-state index is 11.2. The minimum atomic E-state index is -3.76. The van der Waals surface area contributed by atoms with Gasteiger partial charge in [-0.2, -0.15) is 0 Å². The summed E-state index contributed by atoms with van der Waals surface area (Å²) >= 11 is 0. The molecular weight excluding hydrogens is 288 g/mol. The maximum atomic E-state index is 11.2. The van der Waals surface area contributed by atoms with Crippen LogP contribution in [0.15, 0.2) is 11.2 Å². The first kappa shape index (κ1) is 16.5. The van der Waals surface area contributed by atoms with Crippen molar-refractivity contribution in [2.45, 2.75) is 45.2 Å². The normalized spacial score (nSPS) is 12.3. The molecule has 1 heterocycles. The molecule has 0 spiro atoms. The lowest BCUT2D eigenvalue weighted by molar-refractivity contribution is 0.115. The van der Waals surface area contributed by atoms with Crippen molar-refractivity contribution in [1.82, 2.24) is 9.55 Å². The quantitative estimate of drug-likeness (QED) is 0.546. The van der Waals surface area contributed by atoms with E-state index in [1.165, 1.54) is 6.20 Å². The summed E-state index contributed by atoms with van der Waals surface area (Å²) in [6, 6.07) is 0. The van der Waals surface area contributed by atoms with Crippen LogP contribution in [-0.4, -0.2) is 31.2 Å². The standard InChI is InChI=1S/C12H21ClN2O3S/c1-4-11-14-12(19(13,16)17)9-15(11)6-8-18-7-5-10(2)3/h9-10H,4-8H2,1-3H3. The number of hydrogen-bond acceptors (Lipinski definition) is 4. The van der Waals surface area contributed by atoms with Crippen LogP contribution in [0.5, 0.6) is 0 Å². The van der Waals surface area contributed by atoms with Crippen LogP contribution >= 0.6 is 10.7 Å². The molecule has 0 atom stereocenters. The van der Waals surface area contributed by atoms with E-state index >= 15 is 0 Å². The lowest BCUT2D eigenvalue weighted by atomic mass is 10.1. The van der Waals surface area contributed by atoms with Gasteiger partial charge in [0.15, 0.2) is 5.03 Å². The number of aromatic nitrogens is 2. The molecular formula is C12H21ClN2O3S. The van der Waals surface area contributed by atoms with Crippen molar-refractivity contribution in [1.29, 1.82) is 0 Å². The summed E-state index contributed by atoms with van der Waals surface area (Å²) in [6.45, 7) is 8.05. The Labute approximate surface area is 119 Å². The zero-order valence-corrected chi connectivity index (χ0v) is 13.2. The third-order valence-corrected chi connectivity index (χ3v) is 3.89. The number of ether oxygens (including phenoxy) is 1. The van der Waals surface area contributed by atoms with Crippen LogP contribution in [0.3, 0.4) is 0 Å². The summed E-state index contributed by atoms with van der Waals surface area (Å²) in [4.78, 5) is 4.01. The van der Waals surface area contributed by atoms with Crippen LogP contribution in [0.25, 0.3) is 0 Å². The Morgan fingerprint density at radius 3 is 2.63 bits per heavy atom. The highest BCUT2D eigenvalue weighted by molar-refractivity contribution is 8.13. The zero-order chi connectivity index (χ0) is 14.5. The Hall–Kier alpha value is -0.590. The Bertz CT molecular complexity index is 497. The SMILES string of the molecule is CCc1nc(S(=O)(=O)Cl)cn1CCOCCC(C)C. The fourth-order valence-corrected chi connectivity index (χ4v) is 2.30. The van der Waals surface area contributed by atoms with Crippen molar-refractivity contribution >= 4 is 19.7 Å². The smallest absolute Gasteiger partial charge is 0.280 e. The summed E-state index contributed by atoms with van der Waals surface area (Å²) in [5, 5.41) is -0.0896. The molecule has 1 aromatic rings. The molecule has 0 unspecified atom stereocenters. The first-order valence-electron chi connectivity index (χ1n) is 6.43. The molecule has 0 aliphatic rings. The van der Waals surface area contributed by atoms with Gasteiger partial charge in [-0.15, -0.1) is 0 Å². The number of hydrogen-bond donors (Lipinski definition) is 0. The highest BCUT2D eigenvalue weighted by Crippen LogP contribution is 2.14. The first-order chi connectivity index (χ1) is 8.84. The zero-order valence-electron chi connectivity index (χ0n) is 11.6. The van der Waals surface area contributed by atoms with E-state index in [-0.39, 0.29) is 5.03 Å². The van der Waals surface area contributed by atoms with Crippen molar-refractivity contribution in [2.75, 3.05) is 13.2 Å². The van der Waals surface area contributed by atoms with Gasteiger partial charge >= 0.3 is 0 Å². The van der Waals surface area contributed by atoms with Gasteiger partial charge in [-0.25, -0.2) is 13.4 Å².